The smallest absolute Gasteiger partial charge is 0.407 e. The van der Waals surface area contributed by atoms with Crippen molar-refractivity contribution < 1.29 is 9.90 Å². The van der Waals surface area contributed by atoms with Gasteiger partial charge >= 0.3 is 6.09 Å². The van der Waals surface area contributed by atoms with Crippen molar-refractivity contribution in [1.29, 1.82) is 0 Å². The number of aromatic amines is 1. The minimum atomic E-state index is -0.879. The van der Waals surface area contributed by atoms with Crippen LogP contribution in [0.25, 0.3) is 10.9 Å². The number of piperidine rings is 1. The third-order valence-electron chi connectivity index (χ3n) is 3.99. The molecular formula is C15H16N2O3. The summed E-state index contributed by atoms with van der Waals surface area (Å²) in [5.74, 6) is 0.138. The van der Waals surface area contributed by atoms with E-state index in [0.717, 1.165) is 16.5 Å². The lowest BCUT2D eigenvalue weighted by molar-refractivity contribution is 0.132. The Labute approximate surface area is 115 Å². The van der Waals surface area contributed by atoms with Crippen molar-refractivity contribution in [2.24, 2.45) is 0 Å². The predicted octanol–water partition coefficient (Wildman–Crippen LogP) is 2.39. The van der Waals surface area contributed by atoms with Gasteiger partial charge in [-0.15, -0.1) is 0 Å². The van der Waals surface area contributed by atoms with Gasteiger partial charge in [-0.3, -0.25) is 4.79 Å². The molecule has 1 fully saturated rings. The zero-order chi connectivity index (χ0) is 14.1. The van der Waals surface area contributed by atoms with Crippen molar-refractivity contribution in [1.82, 2.24) is 9.88 Å². The molecule has 1 aromatic heterocycles. The van der Waals surface area contributed by atoms with Crippen molar-refractivity contribution in [2.45, 2.75) is 18.8 Å². The van der Waals surface area contributed by atoms with Crippen LogP contribution < -0.4 is 5.56 Å². The quantitative estimate of drug-likeness (QED) is 0.837. The number of nitrogens with zero attached hydrogens (tertiary/aromatic N) is 1. The molecule has 20 heavy (non-hydrogen) atoms. The highest BCUT2D eigenvalue weighted by molar-refractivity contribution is 5.78. The predicted molar refractivity (Wildman–Crippen MR) is 76.1 cm³/mol. The van der Waals surface area contributed by atoms with Crippen LogP contribution in [-0.4, -0.2) is 34.2 Å². The fourth-order valence-electron chi connectivity index (χ4n) is 2.85. The first-order valence-electron chi connectivity index (χ1n) is 6.75. The number of hydrogen-bond donors (Lipinski definition) is 2. The van der Waals surface area contributed by atoms with E-state index in [1.165, 1.54) is 4.90 Å². The third-order valence-corrected chi connectivity index (χ3v) is 3.99. The molecule has 1 amide bonds. The van der Waals surface area contributed by atoms with E-state index < -0.39 is 6.09 Å². The van der Waals surface area contributed by atoms with E-state index in [0.29, 0.717) is 25.9 Å². The van der Waals surface area contributed by atoms with Crippen LogP contribution in [0, 0.1) is 0 Å². The number of likely N-dealkylation sites (tertiary alicyclic amines) is 1. The molecule has 3 rings (SSSR count). The molecule has 2 heterocycles. The summed E-state index contributed by atoms with van der Waals surface area (Å²) in [6.45, 7) is 0.985. The first kappa shape index (κ1) is 12.7. The Kier molecular flexibility index (Phi) is 3.18. The van der Waals surface area contributed by atoms with Gasteiger partial charge in [-0.05, 0) is 36.3 Å². The molecule has 2 N–H and O–H groups in total. The molecule has 0 radical (unpaired) electrons. The Morgan fingerprint density at radius 3 is 2.65 bits per heavy atom. The Bertz CT molecular complexity index is 700. The largest absolute Gasteiger partial charge is 0.465 e. The number of nitrogens with one attached hydrogen (secondary N) is 1. The molecule has 2 aromatic rings. The van der Waals surface area contributed by atoms with E-state index in [2.05, 4.69) is 4.98 Å². The Hall–Kier alpha value is -2.30. The standard InChI is InChI=1S/C15H16N2O3/c18-14-12(9-11-3-1-2-4-13(11)16-14)10-5-7-17(8-6-10)15(19)20/h1-4,9-10H,5-8H2,(H,16,18)(H,19,20). The van der Waals surface area contributed by atoms with Gasteiger partial charge in [0.25, 0.3) is 5.56 Å². The topological polar surface area (TPSA) is 73.4 Å². The number of rotatable bonds is 1. The molecule has 0 bridgehead atoms. The lowest BCUT2D eigenvalue weighted by Gasteiger charge is -2.29. The van der Waals surface area contributed by atoms with Gasteiger partial charge in [0.1, 0.15) is 0 Å². The second-order valence-corrected chi connectivity index (χ2v) is 5.18. The van der Waals surface area contributed by atoms with Crippen LogP contribution in [0.4, 0.5) is 4.79 Å². The SMILES string of the molecule is O=C(O)N1CCC(c2cc3ccccc3[nH]c2=O)CC1. The molecular weight excluding hydrogens is 256 g/mol. The minimum Gasteiger partial charge on any atom is -0.465 e. The van der Waals surface area contributed by atoms with Crippen LogP contribution in [0.1, 0.15) is 24.3 Å². The summed E-state index contributed by atoms with van der Waals surface area (Å²) in [6, 6.07) is 9.63. The van der Waals surface area contributed by atoms with Crippen molar-refractivity contribution >= 4 is 17.0 Å². The van der Waals surface area contributed by atoms with Gasteiger partial charge in [0.15, 0.2) is 0 Å². The van der Waals surface area contributed by atoms with Crippen LogP contribution in [0.15, 0.2) is 35.1 Å². The van der Waals surface area contributed by atoms with Gasteiger partial charge in [0.2, 0.25) is 0 Å². The molecule has 0 saturated carbocycles. The van der Waals surface area contributed by atoms with E-state index in [1.807, 2.05) is 30.3 Å². The number of carbonyl (C=O) groups is 1. The van der Waals surface area contributed by atoms with Crippen LogP contribution in [0.3, 0.4) is 0 Å². The van der Waals surface area contributed by atoms with E-state index in [1.54, 1.807) is 0 Å². The number of hydrogen-bond acceptors (Lipinski definition) is 2. The van der Waals surface area contributed by atoms with Gasteiger partial charge < -0.3 is 15.0 Å². The third kappa shape index (κ3) is 2.27. The number of fused-ring (bicyclic) bond motifs is 1. The molecule has 1 aromatic carbocycles. The van der Waals surface area contributed by atoms with E-state index in [4.69, 9.17) is 5.11 Å². The van der Waals surface area contributed by atoms with Gasteiger partial charge in [0, 0.05) is 24.2 Å². The molecule has 0 spiro atoms. The van der Waals surface area contributed by atoms with Crippen LogP contribution in [0.2, 0.25) is 0 Å². The van der Waals surface area contributed by atoms with E-state index >= 15 is 0 Å². The molecule has 5 heteroatoms. The molecule has 0 aliphatic carbocycles. The van der Waals surface area contributed by atoms with Crippen LogP contribution in [0.5, 0.6) is 0 Å². The summed E-state index contributed by atoms with van der Waals surface area (Å²) in [6.07, 6.45) is 0.525. The average Bonchev–Trinajstić information content (AvgIpc) is 2.46. The second kappa shape index (κ2) is 5.00. The van der Waals surface area contributed by atoms with Crippen LogP contribution >= 0.6 is 0 Å². The van der Waals surface area contributed by atoms with Gasteiger partial charge in [-0.2, -0.15) is 0 Å². The summed E-state index contributed by atoms with van der Waals surface area (Å²) in [7, 11) is 0. The number of pyridine rings is 1. The lowest BCUT2D eigenvalue weighted by atomic mass is 9.90. The van der Waals surface area contributed by atoms with Crippen molar-refractivity contribution in [3.63, 3.8) is 0 Å². The molecule has 1 saturated heterocycles. The number of amides is 1. The van der Waals surface area contributed by atoms with Gasteiger partial charge in [0.05, 0.1) is 0 Å². The fourth-order valence-corrected chi connectivity index (χ4v) is 2.85. The van der Waals surface area contributed by atoms with Gasteiger partial charge in [-0.25, -0.2) is 4.79 Å². The Morgan fingerprint density at radius 1 is 1.25 bits per heavy atom. The van der Waals surface area contributed by atoms with E-state index in [-0.39, 0.29) is 11.5 Å². The monoisotopic (exact) mass is 272 g/mol. The molecule has 104 valence electrons. The Balaban J connectivity index is 1.89. The van der Waals surface area contributed by atoms with Crippen molar-refractivity contribution in [3.8, 4) is 0 Å². The maximum atomic E-state index is 12.2. The van der Waals surface area contributed by atoms with Crippen molar-refractivity contribution in [2.75, 3.05) is 13.1 Å². The van der Waals surface area contributed by atoms with E-state index in [9.17, 15) is 9.59 Å². The fraction of sp³-hybridized carbons (Fsp3) is 0.333. The molecule has 1 aliphatic rings. The number of para-hydroxylation sites is 1. The Morgan fingerprint density at radius 2 is 1.95 bits per heavy atom. The second-order valence-electron chi connectivity index (χ2n) is 5.18. The van der Waals surface area contributed by atoms with Crippen LogP contribution in [-0.2, 0) is 0 Å². The molecule has 0 unspecified atom stereocenters. The molecule has 1 aliphatic heterocycles. The highest BCUT2D eigenvalue weighted by Crippen LogP contribution is 2.27. The maximum absolute atomic E-state index is 12.2. The summed E-state index contributed by atoms with van der Waals surface area (Å²) in [4.78, 5) is 27.4. The first-order chi connectivity index (χ1) is 9.65. The average molecular weight is 272 g/mol. The summed E-state index contributed by atoms with van der Waals surface area (Å²) in [5.41, 5.74) is 1.55. The molecule has 0 atom stereocenters. The number of benzene rings is 1. The summed E-state index contributed by atoms with van der Waals surface area (Å²) < 4.78 is 0. The minimum absolute atomic E-state index is 0.0579. The number of carboxylic acid groups (broad SMARTS) is 1. The highest BCUT2D eigenvalue weighted by atomic mass is 16.4. The first-order valence-corrected chi connectivity index (χ1v) is 6.75. The zero-order valence-corrected chi connectivity index (χ0v) is 11.0. The number of aromatic nitrogens is 1. The summed E-state index contributed by atoms with van der Waals surface area (Å²) >= 11 is 0. The van der Waals surface area contributed by atoms with Crippen molar-refractivity contribution in [3.05, 3.63) is 46.2 Å². The lowest BCUT2D eigenvalue weighted by Crippen LogP contribution is -2.37. The number of H-pyrrole nitrogens is 1. The summed E-state index contributed by atoms with van der Waals surface area (Å²) in [5, 5.41) is 9.97. The highest BCUT2D eigenvalue weighted by Gasteiger charge is 2.25. The normalized spacial score (nSPS) is 16.5. The zero-order valence-electron chi connectivity index (χ0n) is 11.0. The molecule has 5 nitrogen and oxygen atoms in total. The van der Waals surface area contributed by atoms with Gasteiger partial charge in [-0.1, -0.05) is 18.2 Å². The maximum Gasteiger partial charge on any atom is 0.407 e.